The van der Waals surface area contributed by atoms with Gasteiger partial charge in [-0.05, 0) is 73.7 Å². The number of aromatic nitrogens is 3. The van der Waals surface area contributed by atoms with Crippen LogP contribution in [0.3, 0.4) is 0 Å². The third kappa shape index (κ3) is 20.1. The summed E-state index contributed by atoms with van der Waals surface area (Å²) in [4.78, 5) is 144. The molecule has 26 nitrogen and oxygen atoms in total. The van der Waals surface area contributed by atoms with Gasteiger partial charge in [-0.15, -0.1) is 0 Å². The number of aromatic amines is 2. The van der Waals surface area contributed by atoms with Gasteiger partial charge in [0, 0.05) is 61.1 Å². The fraction of sp³-hybridized carbons (Fsp3) is 0.449. The maximum Gasteiger partial charge on any atom is 0.245 e. The van der Waals surface area contributed by atoms with Gasteiger partial charge < -0.3 is 80.3 Å². The molecule has 2 heterocycles. The quantitative estimate of drug-likeness (QED) is 0.0210. The number of fused-ring (bicyclic) bond motifs is 1. The molecule has 76 heavy (non-hydrogen) atoms. The Morgan fingerprint density at radius 1 is 0.645 bits per heavy atom. The number of imidazole rings is 1. The van der Waals surface area contributed by atoms with Crippen LogP contribution in [0.4, 0.5) is 0 Å². The van der Waals surface area contributed by atoms with Gasteiger partial charge in [0.1, 0.15) is 42.0 Å². The van der Waals surface area contributed by atoms with Crippen LogP contribution in [0.25, 0.3) is 10.9 Å². The van der Waals surface area contributed by atoms with Crippen LogP contribution < -0.4 is 60.2 Å². The Kier molecular flexibility index (Phi) is 24.8. The number of para-hydroxylation sites is 1. The molecule has 0 spiro atoms. The molecule has 0 aliphatic rings. The molecule has 0 bridgehead atoms. The number of hydrogen-bond donors (Lipinski definition) is 15. The predicted molar refractivity (Wildman–Crippen MR) is 279 cm³/mol. The van der Waals surface area contributed by atoms with Gasteiger partial charge in [-0.1, -0.05) is 49.0 Å². The van der Waals surface area contributed by atoms with E-state index in [2.05, 4.69) is 52.2 Å². The van der Waals surface area contributed by atoms with Crippen molar-refractivity contribution in [3.05, 3.63) is 84.1 Å². The molecule has 0 saturated carbocycles. The molecule has 19 N–H and O–H groups in total. The van der Waals surface area contributed by atoms with E-state index in [0.29, 0.717) is 29.0 Å². The minimum atomic E-state index is -1.65. The predicted octanol–water partition coefficient (Wildman–Crippen LogP) is -3.09. The van der Waals surface area contributed by atoms with Gasteiger partial charge in [0.2, 0.25) is 58.3 Å². The largest absolute Gasteiger partial charge is 0.508 e. The van der Waals surface area contributed by atoms with Gasteiger partial charge in [0.25, 0.3) is 0 Å². The standard InChI is InChI=1S/C49H68N14O12S/c1-2-76-42(68)24-56-44(70)39(25-64)63-45(71)34(9-5-6-18-50)58-46(72)35(14-16-40(52)66)59-47(73)36(15-17-41(53)67)60-48(74)37(19-27-10-12-30(65)13-11-27)62-49(75)38(20-28-22-55-33-8-4-3-7-31(28)33)61-43(69)32(51)21-29-23-54-26-57-29/h3-4,7-8,10-13,22-23,26,32,34-39,55,64-65H,2,5-6,9,14-21,24-25,50-51H2,1H3,(H2,52,66)(H2,53,67)(H,54,57)(H,56,70)(H,58,72)(H,59,73)(H,60,74)(H,61,69)(H,62,75)(H,63,71)/t32-,34-,35-,36-,37-,38-,39-/m0/s1. The molecule has 4 aromatic rings. The number of benzene rings is 2. The van der Waals surface area contributed by atoms with Crippen LogP contribution >= 0.6 is 11.8 Å². The smallest absolute Gasteiger partial charge is 0.245 e. The Labute approximate surface area is 441 Å². The van der Waals surface area contributed by atoms with Crippen molar-refractivity contribution in [3.8, 4) is 5.75 Å². The third-order valence-electron chi connectivity index (χ3n) is 11.8. The number of carbonyl (C=O) groups excluding carboxylic acids is 10. The van der Waals surface area contributed by atoms with Crippen LogP contribution in [0.5, 0.6) is 5.75 Å². The second-order valence-electron chi connectivity index (χ2n) is 17.7. The first-order valence-electron chi connectivity index (χ1n) is 24.5. The van der Waals surface area contributed by atoms with Gasteiger partial charge >= 0.3 is 0 Å². The van der Waals surface area contributed by atoms with Gasteiger partial charge in [-0.25, -0.2) is 4.98 Å². The Morgan fingerprint density at radius 2 is 1.18 bits per heavy atom. The Balaban J connectivity index is 1.62. The average molecular weight is 1080 g/mol. The highest BCUT2D eigenvalue weighted by Gasteiger charge is 2.35. The molecule has 2 aromatic heterocycles. The maximum atomic E-state index is 14.5. The monoisotopic (exact) mass is 1080 g/mol. The van der Waals surface area contributed by atoms with E-state index < -0.39 is 128 Å². The zero-order chi connectivity index (χ0) is 55.7. The summed E-state index contributed by atoms with van der Waals surface area (Å²) in [6.45, 7) is 0.694. The van der Waals surface area contributed by atoms with E-state index in [1.54, 1.807) is 19.2 Å². The highest BCUT2D eigenvalue weighted by Crippen LogP contribution is 2.20. The van der Waals surface area contributed by atoms with Crippen LogP contribution in [0.15, 0.2) is 67.3 Å². The lowest BCUT2D eigenvalue weighted by Crippen LogP contribution is -2.60. The molecule has 0 aliphatic carbocycles. The number of rotatable bonds is 33. The van der Waals surface area contributed by atoms with Crippen molar-refractivity contribution in [3.63, 3.8) is 0 Å². The van der Waals surface area contributed by atoms with E-state index in [1.165, 1.54) is 36.8 Å². The summed E-state index contributed by atoms with van der Waals surface area (Å²) in [6.07, 6.45) is 3.11. The highest BCUT2D eigenvalue weighted by molar-refractivity contribution is 8.13. The number of unbranched alkanes of at least 4 members (excludes halogenated alkanes) is 1. The number of phenols is 1. The summed E-state index contributed by atoms with van der Waals surface area (Å²) in [6, 6.07) is 2.68. The maximum absolute atomic E-state index is 14.5. The van der Waals surface area contributed by atoms with Crippen molar-refractivity contribution in [1.82, 2.24) is 52.2 Å². The number of aliphatic hydroxyl groups is 1. The summed E-state index contributed by atoms with van der Waals surface area (Å²) < 4.78 is 0. The molecule has 0 unspecified atom stereocenters. The number of nitrogens with one attached hydrogen (secondary N) is 9. The topological polar surface area (TPSA) is 444 Å². The van der Waals surface area contributed by atoms with E-state index in [4.69, 9.17) is 22.9 Å². The molecule has 7 atom stereocenters. The number of carbonyl (C=O) groups is 10. The van der Waals surface area contributed by atoms with Gasteiger partial charge in [0.05, 0.1) is 25.5 Å². The first kappa shape index (κ1) is 60.7. The zero-order valence-electron chi connectivity index (χ0n) is 41.9. The number of amides is 9. The van der Waals surface area contributed by atoms with Crippen LogP contribution in [0.1, 0.15) is 68.7 Å². The number of aromatic hydroxyl groups is 1. The van der Waals surface area contributed by atoms with Crippen LogP contribution in [0, 0.1) is 0 Å². The SMILES string of the molecule is CCSC(=O)CNC(=O)[C@H](CO)NC(=O)[C@H](CCCCN)NC(=O)[C@H](CCC(N)=O)NC(=O)[C@H](CCC(N)=O)NC(=O)[C@H](Cc1ccc(O)cc1)NC(=O)[C@H](Cc1c[nH]c2ccccc12)NC(=O)[C@@H](N)Cc1cnc[nH]1. The van der Waals surface area contributed by atoms with Crippen molar-refractivity contribution >= 4 is 80.9 Å². The van der Waals surface area contributed by atoms with Crippen molar-refractivity contribution in [1.29, 1.82) is 0 Å². The number of nitrogens with two attached hydrogens (primary N) is 4. The molecule has 0 radical (unpaired) electrons. The summed E-state index contributed by atoms with van der Waals surface area (Å²) in [5, 5.41) is 38.0. The molecule has 0 aliphatic heterocycles. The number of hydrogen-bond acceptors (Lipinski definition) is 16. The van der Waals surface area contributed by atoms with E-state index in [0.717, 1.165) is 22.7 Å². The first-order valence-corrected chi connectivity index (χ1v) is 25.5. The number of H-pyrrole nitrogens is 2. The number of phenolic OH excluding ortho intramolecular Hbond substituents is 1. The lowest BCUT2D eigenvalue weighted by atomic mass is 10.0. The summed E-state index contributed by atoms with van der Waals surface area (Å²) >= 11 is 0.956. The first-order chi connectivity index (χ1) is 36.3. The normalized spacial score (nSPS) is 13.8. The Bertz CT molecular complexity index is 2610. The second kappa shape index (κ2) is 31.1. The lowest BCUT2D eigenvalue weighted by Gasteiger charge is -2.28. The number of aliphatic hydroxyl groups excluding tert-OH is 1. The number of primary amides is 2. The van der Waals surface area contributed by atoms with Gasteiger partial charge in [-0.2, -0.15) is 0 Å². The minimum Gasteiger partial charge on any atom is -0.508 e. The summed E-state index contributed by atoms with van der Waals surface area (Å²) in [5.74, 6) is -7.82. The number of thioether (sulfide) groups is 1. The van der Waals surface area contributed by atoms with Crippen molar-refractivity contribution in [2.45, 2.75) is 113 Å². The number of nitrogens with zero attached hydrogens (tertiary/aromatic N) is 1. The van der Waals surface area contributed by atoms with Gasteiger partial charge in [-0.3, -0.25) is 47.9 Å². The van der Waals surface area contributed by atoms with Crippen molar-refractivity contribution < 1.29 is 58.2 Å². The third-order valence-corrected chi connectivity index (χ3v) is 12.6. The molecule has 0 fully saturated rings. The van der Waals surface area contributed by atoms with Crippen molar-refractivity contribution in [2.75, 3.05) is 25.4 Å². The van der Waals surface area contributed by atoms with Crippen molar-refractivity contribution in [2.24, 2.45) is 22.9 Å². The minimum absolute atomic E-state index is 0.0401. The molecular weight excluding hydrogens is 1010 g/mol. The average Bonchev–Trinajstić information content (AvgIpc) is 4.07. The molecule has 27 heteroatoms. The highest BCUT2D eigenvalue weighted by atomic mass is 32.2. The zero-order valence-corrected chi connectivity index (χ0v) is 42.8. The van der Waals surface area contributed by atoms with E-state index in [9.17, 15) is 58.2 Å². The van der Waals surface area contributed by atoms with Crippen LogP contribution in [0.2, 0.25) is 0 Å². The van der Waals surface area contributed by atoms with Crippen LogP contribution in [-0.4, -0.2) is 151 Å². The summed E-state index contributed by atoms with van der Waals surface area (Å²) in [5.41, 5.74) is 25.2. The van der Waals surface area contributed by atoms with E-state index in [1.807, 2.05) is 18.2 Å². The van der Waals surface area contributed by atoms with Crippen LogP contribution in [-0.2, 0) is 67.2 Å². The molecular formula is C49H68N14O12S. The van der Waals surface area contributed by atoms with E-state index in [-0.39, 0.29) is 56.1 Å². The van der Waals surface area contributed by atoms with Gasteiger partial charge in [0.15, 0.2) is 0 Å². The molecule has 9 amide bonds. The fourth-order valence-corrected chi connectivity index (χ4v) is 8.23. The molecule has 2 aromatic carbocycles. The molecule has 4 rings (SSSR count). The molecule has 412 valence electrons. The lowest BCUT2D eigenvalue weighted by molar-refractivity contribution is -0.136. The van der Waals surface area contributed by atoms with E-state index >= 15 is 0 Å². The second-order valence-corrected chi connectivity index (χ2v) is 19.0. The molecule has 0 saturated heterocycles. The fourth-order valence-electron chi connectivity index (χ4n) is 7.73. The Hall–Kier alpha value is -7.88. The summed E-state index contributed by atoms with van der Waals surface area (Å²) in [7, 11) is 0. The Morgan fingerprint density at radius 3 is 1.74 bits per heavy atom.